The number of hydrogen-bond donors (Lipinski definition) is 1. The third-order valence-electron chi connectivity index (χ3n) is 2.76. The van der Waals surface area contributed by atoms with Crippen LogP contribution in [0.15, 0.2) is 24.3 Å². The third kappa shape index (κ3) is 4.23. The highest BCUT2D eigenvalue weighted by molar-refractivity contribution is 5.54. The summed E-state index contributed by atoms with van der Waals surface area (Å²) in [5.41, 5.74) is 7.95. The summed E-state index contributed by atoms with van der Waals surface area (Å²) in [7, 11) is 1.72. The number of hydrogen-bond acceptors (Lipinski definition) is 2. The molecule has 0 aliphatic heterocycles. The number of unbranched alkanes of at least 4 members (excludes halogenated alkanes) is 1. The van der Waals surface area contributed by atoms with Gasteiger partial charge in [-0.05, 0) is 48.6 Å². The van der Waals surface area contributed by atoms with E-state index in [1.807, 2.05) is 6.07 Å². The lowest BCUT2D eigenvalue weighted by molar-refractivity contribution is 0.407. The van der Waals surface area contributed by atoms with Gasteiger partial charge in [0, 0.05) is 0 Å². The van der Waals surface area contributed by atoms with Gasteiger partial charge in [0.15, 0.2) is 0 Å². The maximum atomic E-state index is 5.46. The topological polar surface area (TPSA) is 35.2 Å². The Labute approximate surface area is 104 Å². The van der Waals surface area contributed by atoms with Crippen molar-refractivity contribution in [3.05, 3.63) is 35.4 Å². The molecule has 0 saturated carbocycles. The highest BCUT2D eigenvalue weighted by atomic mass is 16.5. The second-order valence-electron chi connectivity index (χ2n) is 4.49. The maximum Gasteiger partial charge on any atom is 0.122 e. The molecule has 0 aliphatic rings. The lowest BCUT2D eigenvalue weighted by atomic mass is 9.99. The summed E-state index contributed by atoms with van der Waals surface area (Å²) in [5.74, 6) is 1.45. The first-order valence-electron chi connectivity index (χ1n) is 6.23. The molecule has 2 N–H and O–H groups in total. The lowest BCUT2D eigenvalue weighted by Gasteiger charge is -2.12. The summed E-state index contributed by atoms with van der Waals surface area (Å²) in [6.07, 6.45) is 6.42. The molecule has 0 fully saturated rings. The highest BCUT2D eigenvalue weighted by Gasteiger charge is 2.06. The van der Waals surface area contributed by atoms with Crippen LogP contribution >= 0.6 is 0 Å². The van der Waals surface area contributed by atoms with Crippen LogP contribution < -0.4 is 10.5 Å². The third-order valence-corrected chi connectivity index (χ3v) is 2.76. The highest BCUT2D eigenvalue weighted by Crippen LogP contribution is 2.27. The number of rotatable bonds is 6. The van der Waals surface area contributed by atoms with Crippen molar-refractivity contribution in [2.75, 3.05) is 13.7 Å². The van der Waals surface area contributed by atoms with Gasteiger partial charge < -0.3 is 10.5 Å². The molecule has 0 heterocycles. The molecule has 1 rings (SSSR count). The predicted octanol–water partition coefficient (Wildman–Crippen LogP) is 3.57. The van der Waals surface area contributed by atoms with Crippen molar-refractivity contribution >= 4 is 6.08 Å². The van der Waals surface area contributed by atoms with Crippen LogP contribution in [0.2, 0.25) is 0 Å². The number of benzene rings is 1. The van der Waals surface area contributed by atoms with Gasteiger partial charge in [-0.3, -0.25) is 0 Å². The van der Waals surface area contributed by atoms with Crippen molar-refractivity contribution in [2.24, 2.45) is 5.73 Å². The Kier molecular flexibility index (Phi) is 5.78. The standard InChI is InChI=1S/C15H23NO/c1-12(2)14-11-13(7-5-4-6-10-16)8-9-15(14)17-3/h5,7-9,11-12H,4,6,10,16H2,1-3H3/b7-5+. The van der Waals surface area contributed by atoms with Crippen LogP contribution in [0.25, 0.3) is 6.08 Å². The molecular formula is C15H23NO. The molecule has 0 bridgehead atoms. The Balaban J connectivity index is 2.81. The molecule has 0 aromatic heterocycles. The second-order valence-corrected chi connectivity index (χ2v) is 4.49. The monoisotopic (exact) mass is 233 g/mol. The fraction of sp³-hybridized carbons (Fsp3) is 0.467. The van der Waals surface area contributed by atoms with Gasteiger partial charge >= 0.3 is 0 Å². The molecule has 0 radical (unpaired) electrons. The van der Waals surface area contributed by atoms with Gasteiger partial charge in [-0.15, -0.1) is 0 Å². The number of nitrogens with two attached hydrogens (primary N) is 1. The minimum absolute atomic E-state index is 0.474. The van der Waals surface area contributed by atoms with Crippen LogP contribution in [0.4, 0.5) is 0 Å². The molecule has 1 aromatic rings. The van der Waals surface area contributed by atoms with E-state index in [0.29, 0.717) is 5.92 Å². The van der Waals surface area contributed by atoms with Gasteiger partial charge in [-0.1, -0.05) is 32.1 Å². The second kappa shape index (κ2) is 7.13. The average molecular weight is 233 g/mol. The number of ether oxygens (including phenoxy) is 1. The molecule has 17 heavy (non-hydrogen) atoms. The van der Waals surface area contributed by atoms with Crippen LogP contribution in [0.3, 0.4) is 0 Å². The zero-order chi connectivity index (χ0) is 12.7. The van der Waals surface area contributed by atoms with E-state index in [0.717, 1.165) is 25.1 Å². The minimum atomic E-state index is 0.474. The minimum Gasteiger partial charge on any atom is -0.496 e. The first-order valence-corrected chi connectivity index (χ1v) is 6.23. The summed E-state index contributed by atoms with van der Waals surface area (Å²) in [4.78, 5) is 0. The molecule has 0 aliphatic carbocycles. The van der Waals surface area contributed by atoms with Gasteiger partial charge in [-0.2, -0.15) is 0 Å². The van der Waals surface area contributed by atoms with Crippen LogP contribution in [0, 0.1) is 0 Å². The Morgan fingerprint density at radius 3 is 2.71 bits per heavy atom. The first-order chi connectivity index (χ1) is 8.19. The van der Waals surface area contributed by atoms with Gasteiger partial charge in [0.05, 0.1) is 7.11 Å². The van der Waals surface area contributed by atoms with Gasteiger partial charge in [-0.25, -0.2) is 0 Å². The van der Waals surface area contributed by atoms with Crippen molar-refractivity contribution in [3.63, 3.8) is 0 Å². The molecule has 0 saturated heterocycles. The molecule has 2 heteroatoms. The molecular weight excluding hydrogens is 210 g/mol. The molecule has 2 nitrogen and oxygen atoms in total. The molecule has 0 amide bonds. The van der Waals surface area contributed by atoms with Gasteiger partial charge in [0.2, 0.25) is 0 Å². The number of allylic oxidation sites excluding steroid dienone is 1. The first kappa shape index (κ1) is 13.8. The molecule has 0 spiro atoms. The van der Waals surface area contributed by atoms with Crippen molar-refractivity contribution in [3.8, 4) is 5.75 Å². The van der Waals surface area contributed by atoms with Gasteiger partial charge in [0.1, 0.15) is 5.75 Å². The SMILES string of the molecule is COc1ccc(/C=C/CCCN)cc1C(C)C. The Hall–Kier alpha value is -1.28. The zero-order valence-electron chi connectivity index (χ0n) is 11.1. The summed E-state index contributed by atoms with van der Waals surface area (Å²) in [6.45, 7) is 5.11. The molecule has 1 aromatic carbocycles. The van der Waals surface area contributed by atoms with E-state index >= 15 is 0 Å². The maximum absolute atomic E-state index is 5.46. The van der Waals surface area contributed by atoms with Crippen LogP contribution in [0.5, 0.6) is 5.75 Å². The van der Waals surface area contributed by atoms with E-state index in [1.54, 1.807) is 7.11 Å². The van der Waals surface area contributed by atoms with E-state index in [4.69, 9.17) is 10.5 Å². The Morgan fingerprint density at radius 2 is 2.12 bits per heavy atom. The van der Waals surface area contributed by atoms with E-state index in [2.05, 4.69) is 38.1 Å². The zero-order valence-corrected chi connectivity index (χ0v) is 11.1. The molecule has 94 valence electrons. The largest absolute Gasteiger partial charge is 0.496 e. The quantitative estimate of drug-likeness (QED) is 0.762. The van der Waals surface area contributed by atoms with Crippen molar-refractivity contribution in [2.45, 2.75) is 32.6 Å². The predicted molar refractivity (Wildman–Crippen MR) is 74.4 cm³/mol. The lowest BCUT2D eigenvalue weighted by Crippen LogP contribution is -1.96. The van der Waals surface area contributed by atoms with Crippen molar-refractivity contribution in [1.29, 1.82) is 0 Å². The summed E-state index contributed by atoms with van der Waals surface area (Å²) >= 11 is 0. The van der Waals surface area contributed by atoms with E-state index in [9.17, 15) is 0 Å². The van der Waals surface area contributed by atoms with E-state index < -0.39 is 0 Å². The van der Waals surface area contributed by atoms with Crippen LogP contribution in [-0.4, -0.2) is 13.7 Å². The molecule has 0 unspecified atom stereocenters. The van der Waals surface area contributed by atoms with E-state index in [-0.39, 0.29) is 0 Å². The van der Waals surface area contributed by atoms with Gasteiger partial charge in [0.25, 0.3) is 0 Å². The Morgan fingerprint density at radius 1 is 1.35 bits per heavy atom. The average Bonchev–Trinajstić information content (AvgIpc) is 2.34. The summed E-state index contributed by atoms with van der Waals surface area (Å²) in [6, 6.07) is 6.32. The fourth-order valence-electron chi connectivity index (χ4n) is 1.76. The van der Waals surface area contributed by atoms with Crippen molar-refractivity contribution in [1.82, 2.24) is 0 Å². The number of methoxy groups -OCH3 is 1. The van der Waals surface area contributed by atoms with Crippen LogP contribution in [0.1, 0.15) is 43.7 Å². The van der Waals surface area contributed by atoms with E-state index in [1.165, 1.54) is 11.1 Å². The molecule has 0 atom stereocenters. The fourth-order valence-corrected chi connectivity index (χ4v) is 1.76. The summed E-state index contributed by atoms with van der Waals surface area (Å²) in [5, 5.41) is 0. The van der Waals surface area contributed by atoms with Crippen molar-refractivity contribution < 1.29 is 4.74 Å². The normalized spacial score (nSPS) is 11.4. The smallest absolute Gasteiger partial charge is 0.122 e. The van der Waals surface area contributed by atoms with Crippen LogP contribution in [-0.2, 0) is 0 Å². The Bertz CT molecular complexity index is 369. The summed E-state index contributed by atoms with van der Waals surface area (Å²) < 4.78 is 5.36.